The third-order valence-corrected chi connectivity index (χ3v) is 6.02. The highest BCUT2D eigenvalue weighted by atomic mass is 32.2. The average molecular weight is 343 g/mol. The van der Waals surface area contributed by atoms with E-state index < -0.39 is 0 Å². The smallest absolute Gasteiger partial charge is 0.236 e. The van der Waals surface area contributed by atoms with Gasteiger partial charge in [-0.1, -0.05) is 18.2 Å². The van der Waals surface area contributed by atoms with Crippen molar-refractivity contribution < 1.29 is 4.79 Å². The third kappa shape index (κ3) is 3.32. The number of hydrogen-bond donors (Lipinski definition) is 0. The fourth-order valence-electron chi connectivity index (χ4n) is 3.31. The SMILES string of the molecule is O=C(C1Cc2ccccc2S1)N1CCN(CCn2cncn2)CC1. The zero-order chi connectivity index (χ0) is 16.4. The number of nitrogens with zero attached hydrogens (tertiary/aromatic N) is 5. The Kier molecular flexibility index (Phi) is 4.53. The Hall–Kier alpha value is -1.86. The van der Waals surface area contributed by atoms with Crippen LogP contribution in [0.5, 0.6) is 0 Å². The van der Waals surface area contributed by atoms with Gasteiger partial charge in [-0.15, -0.1) is 11.8 Å². The summed E-state index contributed by atoms with van der Waals surface area (Å²) in [6.07, 6.45) is 4.18. The number of carbonyl (C=O) groups is 1. The fourth-order valence-corrected chi connectivity index (χ4v) is 4.59. The van der Waals surface area contributed by atoms with E-state index in [0.29, 0.717) is 5.91 Å². The normalized spacial score (nSPS) is 21.0. The minimum atomic E-state index is 0.0594. The average Bonchev–Trinajstić information content (AvgIpc) is 3.29. The second-order valence-corrected chi connectivity index (χ2v) is 7.49. The molecular weight excluding hydrogens is 322 g/mol. The molecule has 0 N–H and O–H groups in total. The van der Waals surface area contributed by atoms with Crippen LogP contribution in [0.25, 0.3) is 0 Å². The van der Waals surface area contributed by atoms with E-state index >= 15 is 0 Å². The fraction of sp³-hybridized carbons (Fsp3) is 0.471. The first kappa shape index (κ1) is 15.7. The molecule has 0 spiro atoms. The number of hydrogen-bond acceptors (Lipinski definition) is 5. The van der Waals surface area contributed by atoms with E-state index in [2.05, 4.69) is 33.2 Å². The number of carbonyl (C=O) groups excluding carboxylic acids is 1. The van der Waals surface area contributed by atoms with Crippen molar-refractivity contribution in [3.05, 3.63) is 42.5 Å². The van der Waals surface area contributed by atoms with Crippen molar-refractivity contribution in [3.8, 4) is 0 Å². The van der Waals surface area contributed by atoms with E-state index in [1.54, 1.807) is 24.4 Å². The van der Waals surface area contributed by atoms with Crippen LogP contribution >= 0.6 is 11.8 Å². The summed E-state index contributed by atoms with van der Waals surface area (Å²) in [5, 5.41) is 4.19. The molecule has 4 rings (SSSR count). The Labute approximate surface area is 145 Å². The largest absolute Gasteiger partial charge is 0.339 e. The molecule has 6 nitrogen and oxygen atoms in total. The molecule has 3 heterocycles. The molecule has 126 valence electrons. The maximum Gasteiger partial charge on any atom is 0.236 e. The van der Waals surface area contributed by atoms with Gasteiger partial charge in [0.1, 0.15) is 12.7 Å². The summed E-state index contributed by atoms with van der Waals surface area (Å²) in [4.78, 5) is 22.4. The van der Waals surface area contributed by atoms with Gasteiger partial charge in [0.2, 0.25) is 5.91 Å². The van der Waals surface area contributed by atoms with Crippen LogP contribution in [0.3, 0.4) is 0 Å². The molecule has 2 aliphatic heterocycles. The first-order valence-electron chi connectivity index (χ1n) is 8.38. The lowest BCUT2D eigenvalue weighted by atomic mass is 10.1. The lowest BCUT2D eigenvalue weighted by Crippen LogP contribution is -2.51. The first-order chi connectivity index (χ1) is 11.8. The van der Waals surface area contributed by atoms with Crippen molar-refractivity contribution in [2.75, 3.05) is 32.7 Å². The highest BCUT2D eigenvalue weighted by Gasteiger charge is 2.32. The number of fused-ring (bicyclic) bond motifs is 1. The van der Waals surface area contributed by atoms with Gasteiger partial charge < -0.3 is 4.90 Å². The van der Waals surface area contributed by atoms with Crippen LogP contribution in [-0.4, -0.2) is 68.4 Å². The van der Waals surface area contributed by atoms with E-state index in [4.69, 9.17) is 0 Å². The standard InChI is InChI=1S/C17H21N5OS/c23-17(16-11-14-3-1-2-4-15(14)24-16)21-8-5-20(6-9-21)7-10-22-13-18-12-19-22/h1-4,12-13,16H,5-11H2. The Bertz CT molecular complexity index is 672. The van der Waals surface area contributed by atoms with E-state index in [9.17, 15) is 4.79 Å². The Morgan fingerprint density at radius 1 is 1.17 bits per heavy atom. The van der Waals surface area contributed by atoms with Crippen molar-refractivity contribution >= 4 is 17.7 Å². The second kappa shape index (κ2) is 6.94. The molecule has 2 aromatic rings. The lowest BCUT2D eigenvalue weighted by molar-refractivity contribution is -0.132. The van der Waals surface area contributed by atoms with Crippen molar-refractivity contribution in [3.63, 3.8) is 0 Å². The molecule has 0 bridgehead atoms. The molecule has 1 saturated heterocycles. The van der Waals surface area contributed by atoms with Gasteiger partial charge in [0.15, 0.2) is 0 Å². The molecular formula is C17H21N5OS. The number of amides is 1. The van der Waals surface area contributed by atoms with Crippen LogP contribution in [0.1, 0.15) is 5.56 Å². The third-order valence-electron chi connectivity index (χ3n) is 4.72. The van der Waals surface area contributed by atoms with Crippen LogP contribution in [0.15, 0.2) is 41.8 Å². The summed E-state index contributed by atoms with van der Waals surface area (Å²) in [6.45, 7) is 5.32. The number of piperazine rings is 1. The molecule has 0 saturated carbocycles. The van der Waals surface area contributed by atoms with E-state index in [0.717, 1.165) is 45.7 Å². The van der Waals surface area contributed by atoms with E-state index in [1.165, 1.54) is 10.5 Å². The molecule has 1 aromatic carbocycles. The van der Waals surface area contributed by atoms with Gasteiger partial charge >= 0.3 is 0 Å². The van der Waals surface area contributed by atoms with Gasteiger partial charge in [0.25, 0.3) is 0 Å². The summed E-state index contributed by atoms with van der Waals surface area (Å²) in [5.41, 5.74) is 1.31. The summed E-state index contributed by atoms with van der Waals surface area (Å²) in [5.74, 6) is 0.298. The van der Waals surface area contributed by atoms with Crippen LogP contribution in [0, 0.1) is 0 Å². The molecule has 0 aliphatic carbocycles. The van der Waals surface area contributed by atoms with E-state index in [1.807, 2.05) is 15.6 Å². The van der Waals surface area contributed by atoms with Gasteiger partial charge in [-0.2, -0.15) is 5.10 Å². The predicted molar refractivity (Wildman–Crippen MR) is 92.8 cm³/mol. The highest BCUT2D eigenvalue weighted by Crippen LogP contribution is 2.37. The monoisotopic (exact) mass is 343 g/mol. The van der Waals surface area contributed by atoms with Gasteiger partial charge in [0.05, 0.1) is 11.8 Å². The lowest BCUT2D eigenvalue weighted by Gasteiger charge is -2.35. The molecule has 1 fully saturated rings. The van der Waals surface area contributed by atoms with Crippen molar-refractivity contribution in [2.45, 2.75) is 23.1 Å². The Balaban J connectivity index is 1.26. The number of rotatable bonds is 4. The highest BCUT2D eigenvalue weighted by molar-refractivity contribution is 8.01. The molecule has 0 radical (unpaired) electrons. The van der Waals surface area contributed by atoms with Gasteiger partial charge in [-0.05, 0) is 18.1 Å². The number of thioether (sulfide) groups is 1. The van der Waals surface area contributed by atoms with Crippen LogP contribution in [0.4, 0.5) is 0 Å². The maximum absolute atomic E-state index is 12.8. The molecule has 2 aliphatic rings. The molecule has 1 atom stereocenters. The Morgan fingerprint density at radius 2 is 2.00 bits per heavy atom. The van der Waals surface area contributed by atoms with Gasteiger partial charge in [-0.25, -0.2) is 4.98 Å². The summed E-state index contributed by atoms with van der Waals surface area (Å²) in [7, 11) is 0. The van der Waals surface area contributed by atoms with Crippen molar-refractivity contribution in [2.24, 2.45) is 0 Å². The van der Waals surface area contributed by atoms with Crippen molar-refractivity contribution in [1.29, 1.82) is 0 Å². The molecule has 7 heteroatoms. The first-order valence-corrected chi connectivity index (χ1v) is 9.26. The van der Waals surface area contributed by atoms with Gasteiger partial charge in [-0.3, -0.25) is 14.4 Å². The maximum atomic E-state index is 12.8. The van der Waals surface area contributed by atoms with Crippen LogP contribution in [-0.2, 0) is 17.8 Å². The quantitative estimate of drug-likeness (QED) is 0.833. The summed E-state index contributed by atoms with van der Waals surface area (Å²) >= 11 is 1.72. The Morgan fingerprint density at radius 3 is 2.75 bits per heavy atom. The minimum absolute atomic E-state index is 0.0594. The zero-order valence-corrected chi connectivity index (χ0v) is 14.4. The molecule has 1 amide bonds. The second-order valence-electron chi connectivity index (χ2n) is 6.24. The zero-order valence-electron chi connectivity index (χ0n) is 13.5. The summed E-state index contributed by atoms with van der Waals surface area (Å²) in [6, 6.07) is 8.36. The molecule has 1 unspecified atom stereocenters. The van der Waals surface area contributed by atoms with Crippen LogP contribution in [0.2, 0.25) is 0 Å². The predicted octanol–water partition coefficient (Wildman–Crippen LogP) is 1.14. The summed E-state index contributed by atoms with van der Waals surface area (Å²) < 4.78 is 1.85. The minimum Gasteiger partial charge on any atom is -0.339 e. The molecule has 24 heavy (non-hydrogen) atoms. The van der Waals surface area contributed by atoms with Crippen molar-refractivity contribution in [1.82, 2.24) is 24.6 Å². The van der Waals surface area contributed by atoms with Crippen LogP contribution < -0.4 is 0 Å². The number of benzene rings is 1. The topological polar surface area (TPSA) is 54.3 Å². The van der Waals surface area contributed by atoms with E-state index in [-0.39, 0.29) is 5.25 Å². The molecule has 1 aromatic heterocycles. The number of aromatic nitrogens is 3. The van der Waals surface area contributed by atoms with Gasteiger partial charge in [0, 0.05) is 37.6 Å².